The summed E-state index contributed by atoms with van der Waals surface area (Å²) in [5, 5.41) is 31.2. The first-order valence-corrected chi connectivity index (χ1v) is 15.0. The summed E-state index contributed by atoms with van der Waals surface area (Å²) < 4.78 is 31.7. The second-order valence-corrected chi connectivity index (χ2v) is 12.0. The van der Waals surface area contributed by atoms with Gasteiger partial charge in [-0.05, 0) is 60.2 Å². The van der Waals surface area contributed by atoms with Gasteiger partial charge in [0.15, 0.2) is 6.54 Å². The average Bonchev–Trinajstić information content (AvgIpc) is 3.44. The number of carboxylic acid groups (broad SMARTS) is 2. The molecular formula is C33H34F3N7O6. The van der Waals surface area contributed by atoms with Gasteiger partial charge >= 0.3 is 18.1 Å². The number of alkyl halides is 3. The Balaban J connectivity index is 0.000000698. The number of aromatic nitrogens is 4. The molecule has 0 aliphatic carbocycles. The van der Waals surface area contributed by atoms with Gasteiger partial charge in [-0.15, -0.1) is 10.2 Å². The third-order valence-electron chi connectivity index (χ3n) is 7.25. The normalized spacial score (nSPS) is 14.6. The standard InChI is InChI=1S/C31H33N7O4.C2HF3O2/c1-31(2,32)17-27(39)33-25-16-15-22-7-3-6-10-26(22)37(30(25)42)18-20-11-13-21(14-12-20)23-8-4-5-9-24(23)29-34-36-38(35-29)19-28(40)41;3-2(4,5)1(6)7/h3-14,25H,15-19,32H2,1-2H3,(H,33,39)(H,40,41);(H,6,7)/t25-;/m1./s1. The number of carbonyl (C=O) groups is 4. The number of hydrogen-bond acceptors (Lipinski definition) is 8. The van der Waals surface area contributed by atoms with Crippen molar-refractivity contribution in [3.63, 3.8) is 0 Å². The molecule has 0 saturated carbocycles. The van der Waals surface area contributed by atoms with Crippen molar-refractivity contribution >= 4 is 29.4 Å². The monoisotopic (exact) mass is 681 g/mol. The number of aliphatic carboxylic acids is 2. The van der Waals surface area contributed by atoms with Gasteiger partial charge in [0.25, 0.3) is 0 Å². The van der Waals surface area contributed by atoms with Gasteiger partial charge in [0, 0.05) is 23.2 Å². The van der Waals surface area contributed by atoms with Crippen LogP contribution in [-0.4, -0.2) is 71.9 Å². The molecule has 13 nitrogen and oxygen atoms in total. The molecule has 0 unspecified atom stereocenters. The van der Waals surface area contributed by atoms with Gasteiger partial charge in [-0.25, -0.2) is 4.79 Å². The highest BCUT2D eigenvalue weighted by atomic mass is 19.4. The Morgan fingerprint density at radius 3 is 2.18 bits per heavy atom. The summed E-state index contributed by atoms with van der Waals surface area (Å²) >= 11 is 0. The largest absolute Gasteiger partial charge is 0.490 e. The minimum absolute atomic E-state index is 0.123. The Labute approximate surface area is 278 Å². The first-order valence-electron chi connectivity index (χ1n) is 15.0. The molecule has 0 radical (unpaired) electrons. The molecule has 16 heteroatoms. The van der Waals surface area contributed by atoms with E-state index in [-0.39, 0.29) is 24.8 Å². The van der Waals surface area contributed by atoms with Gasteiger partial charge in [-0.2, -0.15) is 18.0 Å². The fraction of sp³-hybridized carbons (Fsp3) is 0.303. The lowest BCUT2D eigenvalue weighted by molar-refractivity contribution is -0.192. The Kier molecular flexibility index (Phi) is 11.1. The molecule has 3 aromatic carbocycles. The van der Waals surface area contributed by atoms with E-state index in [2.05, 4.69) is 20.7 Å². The van der Waals surface area contributed by atoms with E-state index in [1.165, 1.54) is 0 Å². The number of halogens is 3. The molecule has 0 spiro atoms. The maximum absolute atomic E-state index is 13.8. The van der Waals surface area contributed by atoms with Crippen LogP contribution >= 0.6 is 0 Å². The van der Waals surface area contributed by atoms with Crippen LogP contribution in [0.25, 0.3) is 22.5 Å². The Hall–Kier alpha value is -5.64. The molecule has 1 aliphatic heterocycles. The van der Waals surface area contributed by atoms with E-state index in [1.54, 1.807) is 18.7 Å². The van der Waals surface area contributed by atoms with E-state index in [0.29, 0.717) is 25.2 Å². The van der Waals surface area contributed by atoms with Crippen LogP contribution in [0.5, 0.6) is 0 Å². The zero-order valence-corrected chi connectivity index (χ0v) is 26.5. The van der Waals surface area contributed by atoms with Gasteiger partial charge in [-0.3, -0.25) is 14.4 Å². The third-order valence-corrected chi connectivity index (χ3v) is 7.25. The van der Waals surface area contributed by atoms with Gasteiger partial charge in [0.1, 0.15) is 6.04 Å². The Morgan fingerprint density at radius 1 is 0.959 bits per heavy atom. The molecule has 0 saturated heterocycles. The van der Waals surface area contributed by atoms with E-state index >= 15 is 0 Å². The zero-order valence-electron chi connectivity index (χ0n) is 26.5. The topological polar surface area (TPSA) is 194 Å². The number of nitrogens with two attached hydrogens (primary N) is 1. The lowest BCUT2D eigenvalue weighted by atomic mass is 9.98. The van der Waals surface area contributed by atoms with Gasteiger partial charge < -0.3 is 26.2 Å². The molecule has 258 valence electrons. The predicted octanol–water partition coefficient (Wildman–Crippen LogP) is 3.82. The zero-order chi connectivity index (χ0) is 35.9. The number of aryl methyl sites for hydroxylation is 1. The van der Waals surface area contributed by atoms with E-state index in [9.17, 15) is 27.6 Å². The van der Waals surface area contributed by atoms with Crippen molar-refractivity contribution < 1.29 is 42.6 Å². The minimum Gasteiger partial charge on any atom is -0.480 e. The van der Waals surface area contributed by atoms with E-state index in [1.807, 2.05) is 72.8 Å². The highest BCUT2D eigenvalue weighted by Crippen LogP contribution is 2.32. The number of rotatable bonds is 9. The number of fused-ring (bicyclic) bond motifs is 1. The SMILES string of the molecule is CC(C)(N)CC(=O)N[C@@H]1CCc2ccccc2N(Cc2ccc(-c3ccccc3-c3nnn(CC(=O)O)n3)cc2)C1=O.O=C(O)C(F)(F)F. The van der Waals surface area contributed by atoms with Crippen molar-refractivity contribution in [2.24, 2.45) is 5.73 Å². The molecule has 1 aromatic heterocycles. The van der Waals surface area contributed by atoms with Crippen LogP contribution < -0.4 is 16.0 Å². The Bertz CT molecular complexity index is 1820. The number of nitrogens with zero attached hydrogens (tertiary/aromatic N) is 5. The van der Waals surface area contributed by atoms with Crippen LogP contribution in [0, 0.1) is 0 Å². The highest BCUT2D eigenvalue weighted by molar-refractivity contribution is 6.00. The summed E-state index contributed by atoms with van der Waals surface area (Å²) in [6, 6.07) is 22.6. The summed E-state index contributed by atoms with van der Waals surface area (Å²) in [6.45, 7) is 3.52. The van der Waals surface area contributed by atoms with Gasteiger partial charge in [-0.1, -0.05) is 66.7 Å². The number of nitrogens with one attached hydrogen (secondary N) is 1. The quantitative estimate of drug-likeness (QED) is 0.202. The molecule has 5 rings (SSSR count). The molecule has 1 atom stereocenters. The Morgan fingerprint density at radius 2 is 1.57 bits per heavy atom. The number of benzene rings is 3. The van der Waals surface area contributed by atoms with Crippen LogP contribution in [-0.2, 0) is 38.7 Å². The summed E-state index contributed by atoms with van der Waals surface area (Å²) in [6.07, 6.45) is -3.79. The maximum Gasteiger partial charge on any atom is 0.490 e. The van der Waals surface area contributed by atoms with Crippen LogP contribution in [0.3, 0.4) is 0 Å². The molecule has 0 fully saturated rings. The second-order valence-electron chi connectivity index (χ2n) is 12.0. The summed E-state index contributed by atoms with van der Waals surface area (Å²) in [4.78, 5) is 49.2. The van der Waals surface area contributed by atoms with Crippen LogP contribution in [0.15, 0.2) is 72.8 Å². The van der Waals surface area contributed by atoms with E-state index in [4.69, 9.17) is 20.7 Å². The molecular weight excluding hydrogens is 647 g/mol. The molecule has 49 heavy (non-hydrogen) atoms. The molecule has 0 bridgehead atoms. The molecule has 1 aliphatic rings. The smallest absolute Gasteiger partial charge is 0.480 e. The van der Waals surface area contributed by atoms with Crippen molar-refractivity contribution in [3.05, 3.63) is 83.9 Å². The fourth-order valence-corrected chi connectivity index (χ4v) is 5.11. The van der Waals surface area contributed by atoms with Crippen molar-refractivity contribution in [2.75, 3.05) is 4.90 Å². The third kappa shape index (κ3) is 9.93. The summed E-state index contributed by atoms with van der Waals surface area (Å²) in [5.41, 5.74) is 10.6. The van der Waals surface area contributed by atoms with Gasteiger partial charge in [0.05, 0.1) is 6.54 Å². The number of amides is 2. The predicted molar refractivity (Wildman–Crippen MR) is 171 cm³/mol. The van der Waals surface area contributed by atoms with Crippen LogP contribution in [0.4, 0.5) is 18.9 Å². The van der Waals surface area contributed by atoms with Crippen molar-refractivity contribution in [1.82, 2.24) is 25.5 Å². The number of carboxylic acids is 2. The highest BCUT2D eigenvalue weighted by Gasteiger charge is 2.38. The number of anilines is 1. The number of hydrogen-bond donors (Lipinski definition) is 4. The molecule has 5 N–H and O–H groups in total. The van der Waals surface area contributed by atoms with Crippen LogP contribution in [0.1, 0.15) is 37.8 Å². The minimum atomic E-state index is -5.08. The van der Waals surface area contributed by atoms with Gasteiger partial charge in [0.2, 0.25) is 17.6 Å². The molecule has 2 amide bonds. The van der Waals surface area contributed by atoms with E-state index in [0.717, 1.165) is 38.3 Å². The molecule has 2 heterocycles. The first-order chi connectivity index (χ1) is 23.0. The fourth-order valence-electron chi connectivity index (χ4n) is 5.11. The number of tetrazole rings is 1. The summed E-state index contributed by atoms with van der Waals surface area (Å²) in [7, 11) is 0. The summed E-state index contributed by atoms with van der Waals surface area (Å²) in [5.74, 6) is -3.89. The second kappa shape index (κ2) is 15.1. The van der Waals surface area contributed by atoms with Crippen LogP contribution in [0.2, 0.25) is 0 Å². The average molecular weight is 682 g/mol. The maximum atomic E-state index is 13.8. The number of para-hydroxylation sites is 1. The van der Waals surface area contributed by atoms with Crippen molar-refractivity contribution in [3.8, 4) is 22.5 Å². The van der Waals surface area contributed by atoms with E-state index < -0.39 is 29.7 Å². The lowest BCUT2D eigenvalue weighted by Crippen LogP contribution is -2.49. The lowest BCUT2D eigenvalue weighted by Gasteiger charge is -2.27. The van der Waals surface area contributed by atoms with Crippen molar-refractivity contribution in [1.29, 1.82) is 0 Å². The first kappa shape index (κ1) is 36.2. The number of carbonyl (C=O) groups excluding carboxylic acids is 2. The van der Waals surface area contributed by atoms with Crippen molar-refractivity contribution in [2.45, 2.75) is 64.0 Å². The molecule has 4 aromatic rings.